The molecule has 0 bridgehead atoms. The second-order valence-corrected chi connectivity index (χ2v) is 7.40. The van der Waals surface area contributed by atoms with E-state index in [0.717, 1.165) is 33.9 Å². The van der Waals surface area contributed by atoms with Gasteiger partial charge in [0, 0.05) is 16.8 Å². The van der Waals surface area contributed by atoms with Crippen LogP contribution < -0.4 is 0 Å². The zero-order valence-electron chi connectivity index (χ0n) is 16.4. The monoisotopic (exact) mass is 549 g/mol. The first-order valence-corrected chi connectivity index (χ1v) is 8.96. The van der Waals surface area contributed by atoms with Crippen LogP contribution >= 0.6 is 0 Å². The molecule has 0 aliphatic rings. The third kappa shape index (κ3) is 3.88. The molecule has 0 saturated carbocycles. The molecule has 0 spiro atoms. The number of pyridine rings is 2. The van der Waals surface area contributed by atoms with Crippen molar-refractivity contribution in [2.75, 3.05) is 0 Å². The third-order valence-electron chi connectivity index (χ3n) is 4.84. The number of aromatic nitrogens is 4. The fourth-order valence-corrected chi connectivity index (χ4v) is 3.18. The molecule has 4 rings (SSSR count). The molecule has 0 fully saturated rings. The van der Waals surface area contributed by atoms with E-state index in [1.165, 1.54) is 0 Å². The van der Waals surface area contributed by atoms with Gasteiger partial charge in [-0.25, -0.2) is 0 Å². The van der Waals surface area contributed by atoms with E-state index >= 15 is 0 Å². The van der Waals surface area contributed by atoms with Crippen molar-refractivity contribution >= 4 is 0 Å². The van der Waals surface area contributed by atoms with Crippen LogP contribution in [0.4, 0.5) is 0 Å². The van der Waals surface area contributed by atoms with Gasteiger partial charge >= 0.3 is 21.1 Å². The molecule has 0 saturated heterocycles. The minimum Gasteiger partial charge on any atom is -0.420 e. The summed E-state index contributed by atoms with van der Waals surface area (Å²) in [5.41, 5.74) is 5.49. The molecular formula is C23H22N4Pt. The molecule has 4 aromatic heterocycles. The Morgan fingerprint density at radius 3 is 1.54 bits per heavy atom. The van der Waals surface area contributed by atoms with Gasteiger partial charge in [0.2, 0.25) is 0 Å². The Kier molecular flexibility index (Phi) is 5.71. The number of rotatable bonds is 4. The standard InChI is InChI=1S/C23H22N4.Pt/c1-23(2,21-9-5-7-19(24-21)17-11-13-26(3)15-17)22-10-6-8-20(25-22)18-12-14-27(4)16-18;/h5-10,13-16H,1-4H3;/q-2;+2. The van der Waals surface area contributed by atoms with Crippen LogP contribution in [0.1, 0.15) is 25.2 Å². The van der Waals surface area contributed by atoms with Crippen LogP contribution in [-0.2, 0) is 40.6 Å². The molecule has 0 unspecified atom stereocenters. The van der Waals surface area contributed by atoms with E-state index in [1.807, 2.05) is 60.1 Å². The van der Waals surface area contributed by atoms with Crippen LogP contribution in [0, 0.1) is 12.1 Å². The van der Waals surface area contributed by atoms with Crippen molar-refractivity contribution in [1.82, 2.24) is 19.1 Å². The van der Waals surface area contributed by atoms with Crippen molar-refractivity contribution in [3.05, 3.63) is 84.7 Å². The van der Waals surface area contributed by atoms with Crippen molar-refractivity contribution in [3.8, 4) is 22.5 Å². The van der Waals surface area contributed by atoms with Crippen LogP contribution in [-0.4, -0.2) is 19.1 Å². The summed E-state index contributed by atoms with van der Waals surface area (Å²) in [6, 6.07) is 18.8. The molecule has 0 atom stereocenters. The molecule has 0 radical (unpaired) electrons. The zero-order valence-corrected chi connectivity index (χ0v) is 18.7. The van der Waals surface area contributed by atoms with E-state index in [-0.39, 0.29) is 26.5 Å². The van der Waals surface area contributed by atoms with Gasteiger partial charge in [-0.05, 0) is 51.5 Å². The van der Waals surface area contributed by atoms with E-state index < -0.39 is 0 Å². The van der Waals surface area contributed by atoms with Gasteiger partial charge in [0.05, 0.1) is 0 Å². The maximum absolute atomic E-state index is 4.91. The topological polar surface area (TPSA) is 35.6 Å². The number of hydrogen-bond acceptors (Lipinski definition) is 2. The van der Waals surface area contributed by atoms with Crippen LogP contribution in [0.3, 0.4) is 0 Å². The van der Waals surface area contributed by atoms with E-state index in [4.69, 9.17) is 9.97 Å². The molecule has 144 valence electrons. The SMILES string of the molecule is Cn1c[c-]c(-c2cccc(C(C)(C)c3cccc(-c4[c-]cn(C)c4)n3)n2)c1.[Pt+2]. The summed E-state index contributed by atoms with van der Waals surface area (Å²) >= 11 is 0. The van der Waals surface area contributed by atoms with Crippen molar-refractivity contribution in [2.24, 2.45) is 14.1 Å². The Bertz CT molecular complexity index is 1010. The summed E-state index contributed by atoms with van der Waals surface area (Å²) in [5.74, 6) is 0. The van der Waals surface area contributed by atoms with Gasteiger partial charge < -0.3 is 19.1 Å². The van der Waals surface area contributed by atoms with Crippen LogP contribution in [0.25, 0.3) is 22.5 Å². The first-order chi connectivity index (χ1) is 12.9. The van der Waals surface area contributed by atoms with Gasteiger partial charge in [0.15, 0.2) is 0 Å². The summed E-state index contributed by atoms with van der Waals surface area (Å²) in [5, 5.41) is 0. The average molecular weight is 550 g/mol. The summed E-state index contributed by atoms with van der Waals surface area (Å²) in [6.45, 7) is 4.32. The van der Waals surface area contributed by atoms with Crippen molar-refractivity contribution in [2.45, 2.75) is 19.3 Å². The molecule has 4 nitrogen and oxygen atoms in total. The largest absolute Gasteiger partial charge is 2.00 e. The normalized spacial score (nSPS) is 11.3. The first kappa shape index (κ1) is 20.3. The van der Waals surface area contributed by atoms with Gasteiger partial charge in [-0.15, -0.1) is 0 Å². The Hall–Kier alpha value is -2.45. The molecule has 0 amide bonds. The molecule has 28 heavy (non-hydrogen) atoms. The van der Waals surface area contributed by atoms with Crippen molar-refractivity contribution in [3.63, 3.8) is 0 Å². The van der Waals surface area contributed by atoms with Gasteiger partial charge in [-0.1, -0.05) is 49.1 Å². The maximum Gasteiger partial charge on any atom is 2.00 e. The Labute approximate surface area is 180 Å². The molecule has 0 aromatic carbocycles. The molecule has 5 heteroatoms. The summed E-state index contributed by atoms with van der Waals surface area (Å²) in [4.78, 5) is 9.83. The predicted molar refractivity (Wildman–Crippen MR) is 107 cm³/mol. The maximum atomic E-state index is 4.91. The van der Waals surface area contributed by atoms with Gasteiger partial charge in [0.1, 0.15) is 0 Å². The zero-order chi connectivity index (χ0) is 19.0. The summed E-state index contributed by atoms with van der Waals surface area (Å²) < 4.78 is 3.96. The average Bonchev–Trinajstić information content (AvgIpc) is 3.30. The molecule has 4 aromatic rings. The third-order valence-corrected chi connectivity index (χ3v) is 4.84. The fraction of sp³-hybridized carbons (Fsp3) is 0.217. The molecule has 0 aliphatic heterocycles. The number of hydrogen-bond donors (Lipinski definition) is 0. The molecule has 0 aliphatic carbocycles. The van der Waals surface area contributed by atoms with E-state index in [0.29, 0.717) is 0 Å². The molecule has 0 N–H and O–H groups in total. The van der Waals surface area contributed by atoms with Crippen molar-refractivity contribution in [1.29, 1.82) is 0 Å². The Balaban J connectivity index is 0.00000225. The fourth-order valence-electron chi connectivity index (χ4n) is 3.18. The van der Waals surface area contributed by atoms with E-state index in [2.05, 4.69) is 50.2 Å². The van der Waals surface area contributed by atoms with Gasteiger partial charge in [-0.2, -0.15) is 23.3 Å². The van der Waals surface area contributed by atoms with Crippen molar-refractivity contribution < 1.29 is 21.1 Å². The quantitative estimate of drug-likeness (QED) is 0.354. The van der Waals surface area contributed by atoms with Gasteiger partial charge in [0.25, 0.3) is 0 Å². The van der Waals surface area contributed by atoms with E-state index in [9.17, 15) is 0 Å². The second-order valence-electron chi connectivity index (χ2n) is 7.40. The van der Waals surface area contributed by atoms with E-state index in [1.54, 1.807) is 0 Å². The summed E-state index contributed by atoms with van der Waals surface area (Å²) in [7, 11) is 3.98. The summed E-state index contributed by atoms with van der Waals surface area (Å²) in [6.07, 6.45) is 7.89. The first-order valence-electron chi connectivity index (χ1n) is 8.96. The second kappa shape index (κ2) is 7.89. The molecular weight excluding hydrogens is 527 g/mol. The molecule has 4 heterocycles. The smallest absolute Gasteiger partial charge is 0.420 e. The predicted octanol–water partition coefficient (Wildman–Crippen LogP) is 4.41. The number of aryl methyl sites for hydroxylation is 2. The number of nitrogens with zero attached hydrogens (tertiary/aromatic N) is 4. The Morgan fingerprint density at radius 1 is 0.750 bits per heavy atom. The van der Waals surface area contributed by atoms with Crippen LogP contribution in [0.5, 0.6) is 0 Å². The minimum atomic E-state index is -0.324. The minimum absolute atomic E-state index is 0. The van der Waals surface area contributed by atoms with Crippen LogP contribution in [0.15, 0.2) is 61.2 Å². The Morgan fingerprint density at radius 2 is 1.18 bits per heavy atom. The van der Waals surface area contributed by atoms with Crippen LogP contribution in [0.2, 0.25) is 0 Å². The van der Waals surface area contributed by atoms with Gasteiger partial charge in [-0.3, -0.25) is 0 Å².